The van der Waals surface area contributed by atoms with Crippen LogP contribution in [-0.4, -0.2) is 25.0 Å². The summed E-state index contributed by atoms with van der Waals surface area (Å²) in [4.78, 5) is 2.49. The summed E-state index contributed by atoms with van der Waals surface area (Å²) in [6, 6.07) is 0. The maximum absolute atomic E-state index is 2.49. The third-order valence-electron chi connectivity index (χ3n) is 3.17. The van der Waals surface area contributed by atoms with Gasteiger partial charge in [0, 0.05) is 13.1 Å². The van der Waals surface area contributed by atoms with Crippen molar-refractivity contribution in [2.75, 3.05) is 20.1 Å². The lowest BCUT2D eigenvalue weighted by Gasteiger charge is -2.09. The first-order valence-electron chi connectivity index (χ1n) is 4.44. The zero-order chi connectivity index (χ0) is 7.14. The van der Waals surface area contributed by atoms with Crippen LogP contribution in [0.1, 0.15) is 19.8 Å². The van der Waals surface area contributed by atoms with Gasteiger partial charge < -0.3 is 4.90 Å². The van der Waals surface area contributed by atoms with Gasteiger partial charge in [-0.1, -0.05) is 6.92 Å². The van der Waals surface area contributed by atoms with Crippen LogP contribution in [0.3, 0.4) is 0 Å². The highest BCUT2D eigenvalue weighted by molar-refractivity contribution is 4.89. The van der Waals surface area contributed by atoms with Gasteiger partial charge in [-0.15, -0.1) is 0 Å². The highest BCUT2D eigenvalue weighted by Crippen LogP contribution is 2.40. The minimum Gasteiger partial charge on any atom is -0.306 e. The fourth-order valence-electron chi connectivity index (χ4n) is 2.84. The average molecular weight is 139 g/mol. The molecule has 3 atom stereocenters. The fraction of sp³-hybridized carbons (Fsp3) is 1.00. The number of likely N-dealkylation sites (tertiary alicyclic amines) is 1. The lowest BCUT2D eigenvalue weighted by atomic mass is 10.0. The summed E-state index contributed by atoms with van der Waals surface area (Å²) >= 11 is 0. The molecule has 1 aliphatic carbocycles. The van der Waals surface area contributed by atoms with E-state index in [0.29, 0.717) is 0 Å². The van der Waals surface area contributed by atoms with Gasteiger partial charge in [-0.25, -0.2) is 0 Å². The summed E-state index contributed by atoms with van der Waals surface area (Å²) in [5.74, 6) is 3.13. The molecule has 10 heavy (non-hydrogen) atoms. The van der Waals surface area contributed by atoms with Crippen molar-refractivity contribution in [1.82, 2.24) is 4.90 Å². The van der Waals surface area contributed by atoms with Crippen molar-refractivity contribution < 1.29 is 0 Å². The van der Waals surface area contributed by atoms with Crippen molar-refractivity contribution in [3.8, 4) is 0 Å². The molecule has 0 aromatic carbocycles. The summed E-state index contributed by atoms with van der Waals surface area (Å²) < 4.78 is 0. The minimum absolute atomic E-state index is 1.02. The molecule has 1 heteroatoms. The first-order chi connectivity index (χ1) is 4.75. The molecule has 58 valence electrons. The van der Waals surface area contributed by atoms with Crippen LogP contribution in [0, 0.1) is 17.8 Å². The Bertz CT molecular complexity index is 105. The Balaban J connectivity index is 2.00. The average Bonchev–Trinajstić information content (AvgIpc) is 2.21. The van der Waals surface area contributed by atoms with Gasteiger partial charge in [0.15, 0.2) is 0 Å². The molecule has 1 nitrogen and oxygen atoms in total. The van der Waals surface area contributed by atoms with Crippen molar-refractivity contribution in [1.29, 1.82) is 0 Å². The topological polar surface area (TPSA) is 3.24 Å². The van der Waals surface area contributed by atoms with E-state index in [2.05, 4.69) is 18.9 Å². The molecule has 0 aromatic heterocycles. The summed E-state index contributed by atoms with van der Waals surface area (Å²) in [5, 5.41) is 0. The predicted molar refractivity (Wildman–Crippen MR) is 42.9 cm³/mol. The van der Waals surface area contributed by atoms with Gasteiger partial charge in [-0.2, -0.15) is 0 Å². The lowest BCUT2D eigenvalue weighted by Crippen LogP contribution is -2.15. The van der Waals surface area contributed by atoms with Gasteiger partial charge in [0.25, 0.3) is 0 Å². The largest absolute Gasteiger partial charge is 0.306 e. The Morgan fingerprint density at radius 3 is 2.10 bits per heavy atom. The van der Waals surface area contributed by atoms with Crippen LogP contribution in [0.15, 0.2) is 0 Å². The highest BCUT2D eigenvalue weighted by atomic mass is 15.1. The van der Waals surface area contributed by atoms with E-state index < -0.39 is 0 Å². The molecule has 0 N–H and O–H groups in total. The van der Waals surface area contributed by atoms with Crippen LogP contribution in [0.2, 0.25) is 0 Å². The van der Waals surface area contributed by atoms with Gasteiger partial charge in [0.1, 0.15) is 0 Å². The smallest absolute Gasteiger partial charge is 0.000995 e. The molecule has 0 bridgehead atoms. The number of nitrogens with zero attached hydrogens (tertiary/aromatic N) is 1. The van der Waals surface area contributed by atoms with Gasteiger partial charge in [-0.3, -0.25) is 0 Å². The fourth-order valence-corrected chi connectivity index (χ4v) is 2.84. The lowest BCUT2D eigenvalue weighted by molar-refractivity contribution is 0.360. The van der Waals surface area contributed by atoms with E-state index in [-0.39, 0.29) is 0 Å². The summed E-state index contributed by atoms with van der Waals surface area (Å²) in [5.41, 5.74) is 0. The van der Waals surface area contributed by atoms with Crippen molar-refractivity contribution in [3.63, 3.8) is 0 Å². The van der Waals surface area contributed by atoms with E-state index in [1.54, 1.807) is 0 Å². The Hall–Kier alpha value is -0.0400. The second-order valence-electron chi connectivity index (χ2n) is 4.32. The van der Waals surface area contributed by atoms with Gasteiger partial charge in [0.2, 0.25) is 0 Å². The molecule has 0 amide bonds. The summed E-state index contributed by atoms with van der Waals surface area (Å²) in [6.45, 7) is 5.14. The van der Waals surface area contributed by atoms with Gasteiger partial charge in [0.05, 0.1) is 0 Å². The first kappa shape index (κ1) is 6.66. The van der Waals surface area contributed by atoms with Crippen LogP contribution in [0.5, 0.6) is 0 Å². The Labute approximate surface area is 63.4 Å². The molecule has 1 aliphatic heterocycles. The molecular weight excluding hydrogens is 122 g/mol. The van der Waals surface area contributed by atoms with E-state index in [1.165, 1.54) is 25.9 Å². The van der Waals surface area contributed by atoms with Crippen LogP contribution in [0.4, 0.5) is 0 Å². The highest BCUT2D eigenvalue weighted by Gasteiger charge is 2.37. The third-order valence-corrected chi connectivity index (χ3v) is 3.17. The standard InChI is InChI=1S/C9H17N/c1-7-3-8-5-10(2)6-9(8)4-7/h7-9H,3-6H2,1-2H3/t7?,8-,9?/m0/s1. The van der Waals surface area contributed by atoms with Gasteiger partial charge in [-0.05, 0) is 37.6 Å². The van der Waals surface area contributed by atoms with Crippen LogP contribution in [0.25, 0.3) is 0 Å². The zero-order valence-corrected chi connectivity index (χ0v) is 7.01. The maximum Gasteiger partial charge on any atom is 0.000995 e. The maximum atomic E-state index is 2.49. The first-order valence-corrected chi connectivity index (χ1v) is 4.44. The molecule has 2 aliphatic rings. The molecule has 1 saturated heterocycles. The third kappa shape index (κ3) is 0.968. The molecule has 0 spiro atoms. The predicted octanol–water partition coefficient (Wildman–Crippen LogP) is 1.59. The van der Waals surface area contributed by atoms with Crippen LogP contribution in [-0.2, 0) is 0 Å². The number of hydrogen-bond acceptors (Lipinski definition) is 1. The Morgan fingerprint density at radius 2 is 1.60 bits per heavy atom. The van der Waals surface area contributed by atoms with Crippen molar-refractivity contribution in [2.45, 2.75) is 19.8 Å². The normalized spacial score (nSPS) is 48.0. The minimum atomic E-state index is 1.02. The van der Waals surface area contributed by atoms with E-state index in [4.69, 9.17) is 0 Å². The van der Waals surface area contributed by atoms with Crippen molar-refractivity contribution in [3.05, 3.63) is 0 Å². The Kier molecular flexibility index (Phi) is 1.48. The molecule has 2 unspecified atom stereocenters. The molecule has 0 aromatic rings. The molecular formula is C9H17N. The Morgan fingerprint density at radius 1 is 1.10 bits per heavy atom. The SMILES string of the molecule is CC1CC2CN(C)C[C@@H]2C1. The van der Waals surface area contributed by atoms with Crippen molar-refractivity contribution in [2.24, 2.45) is 17.8 Å². The molecule has 2 rings (SSSR count). The summed E-state index contributed by atoms with van der Waals surface area (Å²) in [6.07, 6.45) is 2.99. The van der Waals surface area contributed by atoms with E-state index >= 15 is 0 Å². The van der Waals surface area contributed by atoms with Crippen molar-refractivity contribution >= 4 is 0 Å². The van der Waals surface area contributed by atoms with E-state index in [0.717, 1.165) is 17.8 Å². The van der Waals surface area contributed by atoms with E-state index in [9.17, 15) is 0 Å². The van der Waals surface area contributed by atoms with E-state index in [1.807, 2.05) is 0 Å². The second kappa shape index (κ2) is 2.23. The molecule has 0 radical (unpaired) electrons. The van der Waals surface area contributed by atoms with Crippen LogP contribution < -0.4 is 0 Å². The van der Waals surface area contributed by atoms with Gasteiger partial charge >= 0.3 is 0 Å². The van der Waals surface area contributed by atoms with Crippen LogP contribution >= 0.6 is 0 Å². The quantitative estimate of drug-likeness (QED) is 0.492. The number of hydrogen-bond donors (Lipinski definition) is 0. The monoisotopic (exact) mass is 139 g/mol. The second-order valence-corrected chi connectivity index (χ2v) is 4.32. The summed E-state index contributed by atoms with van der Waals surface area (Å²) in [7, 11) is 2.25. The zero-order valence-electron chi connectivity index (χ0n) is 7.01. The number of rotatable bonds is 0. The molecule has 1 saturated carbocycles. The number of fused-ring (bicyclic) bond motifs is 1. The molecule has 1 heterocycles. The molecule has 2 fully saturated rings.